The summed E-state index contributed by atoms with van der Waals surface area (Å²) in [5.41, 5.74) is 12.4. The zero-order valence-corrected chi connectivity index (χ0v) is 52.0. The third kappa shape index (κ3) is 17.3. The molecule has 5 aliphatic rings. The van der Waals surface area contributed by atoms with Crippen molar-refractivity contribution in [1.29, 1.82) is 0 Å². The topological polar surface area (TPSA) is 451 Å². The maximum atomic E-state index is 15.3. The third-order valence-electron chi connectivity index (χ3n) is 17.5. The molecule has 0 bridgehead atoms. The van der Waals surface area contributed by atoms with Crippen LogP contribution in [0.4, 0.5) is 0 Å². The quantitative estimate of drug-likeness (QED) is 0.0420. The van der Waals surface area contributed by atoms with Gasteiger partial charge in [-0.2, -0.15) is 11.8 Å². The Morgan fingerprint density at radius 1 is 0.921 bits per heavy atom. The molecule has 3 fully saturated rings. The van der Waals surface area contributed by atoms with Crippen molar-refractivity contribution >= 4 is 98.8 Å². The summed E-state index contributed by atoms with van der Waals surface area (Å²) in [5, 5.41) is 58.3. The van der Waals surface area contributed by atoms with E-state index < -0.39 is 170 Å². The zero-order valence-electron chi connectivity index (χ0n) is 50.4. The number of H-pyrrole nitrogens is 1. The highest BCUT2D eigenvalue weighted by molar-refractivity contribution is 7.99. The van der Waals surface area contributed by atoms with Crippen LogP contribution in [0.15, 0.2) is 29.3 Å². The van der Waals surface area contributed by atoms with E-state index in [4.69, 9.17) is 16.2 Å². The minimum atomic E-state index is -2.40. The van der Waals surface area contributed by atoms with Gasteiger partial charge in [0.05, 0.1) is 63.6 Å². The molecule has 31 heteroatoms. The molecule has 1 aliphatic carbocycles. The Kier molecular flexibility index (Phi) is 24.8. The molecule has 1 saturated carbocycles. The number of aromatic nitrogens is 1. The number of hydrogen-bond acceptors (Lipinski definition) is 19. The SMILES string of the molecule is CC[C@H](C)[C@H](NC(=O)CN)C(=O)NCC(=O)N[C@H]1C[S+]([O-])c2[nH]c3c(CSC4CCN(C(=O)C5CCC(CN6C(=O)C=CC6=O)CC5)CC4)c(OC)ccc3c2C[C@@H](CO)NC(=O)[C@H]([C@@H](C)[C@@H](O)CO)NC(=O)[C@@H]2C[C@@H](O)CN2C(=O)[C@H](CC(N)=O)NC1=O. The number of aliphatic hydroxyl groups is 4. The summed E-state index contributed by atoms with van der Waals surface area (Å²) in [6.07, 6.45) is 2.52. The minimum absolute atomic E-state index is 0.0517. The molecule has 7 rings (SSSR count). The average Bonchev–Trinajstić information content (AvgIpc) is 1.66. The molecule has 11 atom stereocenters. The Labute approximate surface area is 521 Å². The number of amides is 11. The van der Waals surface area contributed by atoms with Gasteiger partial charge >= 0.3 is 0 Å². The van der Waals surface area contributed by atoms with Crippen molar-refractivity contribution in [3.05, 3.63) is 35.4 Å². The molecule has 0 radical (unpaired) electrons. The standard InChI is InChI=1S/C58H84N12O17S2/c1-5-29(2)49(65-45(76)21-59)54(82)61-22-46(77)63-40-28-89(86)56-37(18-33(25-71)62-55(83)50(30(3)42(74)26-72)66-53(81)41-19-34(73)24-69(41)58(85)39(20-44(60)75)64-52(40)80)36-10-11-43(87-4)38(51(36)67-56)27-88-35-14-16-68(17-15-35)57(84)32-8-6-31(7-9-32)23-70-47(78)12-13-48(70)79/h10-13,29-35,39-42,49-50,67,71-74H,5-9,14-28,59H2,1-4H3,(H2,60,75)(H,61,82)(H,62,83)(H,63,77)(H,64,80)(H,65,76)(H,66,81)/t29-,30-,31?,32?,33-,34+,39-,40-,41-,42-,49-,50-,89?/m0/s1. The van der Waals surface area contributed by atoms with Gasteiger partial charge in [0.2, 0.25) is 58.2 Å². The highest BCUT2D eigenvalue weighted by atomic mass is 32.2. The number of aromatic amines is 1. The van der Waals surface area contributed by atoms with Gasteiger partial charge in [0.15, 0.2) is 6.04 Å². The smallest absolute Gasteiger partial charge is 0.253 e. The summed E-state index contributed by atoms with van der Waals surface area (Å²) in [4.78, 5) is 156. The third-order valence-corrected chi connectivity index (χ3v) is 20.3. The lowest BCUT2D eigenvalue weighted by molar-refractivity contribution is -0.144. The number of methoxy groups -OCH3 is 1. The average molecular weight is 1290 g/mol. The number of hydrogen-bond donors (Lipinski definition) is 13. The van der Waals surface area contributed by atoms with Crippen LogP contribution in [-0.4, -0.2) is 229 Å². The van der Waals surface area contributed by atoms with Crippen LogP contribution in [0, 0.1) is 23.7 Å². The van der Waals surface area contributed by atoms with Crippen molar-refractivity contribution in [2.45, 2.75) is 149 Å². The number of nitrogens with one attached hydrogen (secondary N) is 7. The molecular formula is C58H84N12O17S2. The predicted octanol–water partition coefficient (Wildman–Crippen LogP) is -3.84. The first-order valence-electron chi connectivity index (χ1n) is 30.1. The van der Waals surface area contributed by atoms with Crippen molar-refractivity contribution < 1.29 is 82.5 Å². The van der Waals surface area contributed by atoms with Crippen molar-refractivity contribution in [3.8, 4) is 5.75 Å². The molecule has 1 unspecified atom stereocenters. The van der Waals surface area contributed by atoms with E-state index >= 15 is 4.55 Å². The summed E-state index contributed by atoms with van der Waals surface area (Å²) in [6.45, 7) is 2.84. The van der Waals surface area contributed by atoms with E-state index in [1.165, 1.54) is 31.1 Å². The number of imide groups is 1. The van der Waals surface area contributed by atoms with E-state index in [1.807, 2.05) is 4.90 Å². The second-order valence-corrected chi connectivity index (χ2v) is 26.3. The zero-order chi connectivity index (χ0) is 65.0. The van der Waals surface area contributed by atoms with Gasteiger partial charge in [0, 0.05) is 102 Å². The number of rotatable bonds is 21. The number of thioether (sulfide) groups is 1. The van der Waals surface area contributed by atoms with Gasteiger partial charge in [-0.1, -0.05) is 27.2 Å². The van der Waals surface area contributed by atoms with Crippen molar-refractivity contribution in [2.75, 3.05) is 65.3 Å². The number of carbonyl (C=O) groups excluding carboxylic acids is 11. The normalized spacial score (nSPS) is 26.4. The van der Waals surface area contributed by atoms with E-state index in [1.54, 1.807) is 37.7 Å². The van der Waals surface area contributed by atoms with Crippen LogP contribution >= 0.6 is 11.8 Å². The van der Waals surface area contributed by atoms with Gasteiger partial charge in [-0.25, -0.2) is 0 Å². The molecule has 2 aromatic rings. The number of primary amides is 1. The largest absolute Gasteiger partial charge is 0.610 e. The molecule has 4 aliphatic heterocycles. The fourth-order valence-electron chi connectivity index (χ4n) is 12.1. The Morgan fingerprint density at radius 3 is 2.22 bits per heavy atom. The first kappa shape index (κ1) is 69.6. The van der Waals surface area contributed by atoms with Crippen molar-refractivity contribution in [2.24, 2.45) is 35.1 Å². The summed E-state index contributed by atoms with van der Waals surface area (Å²) in [7, 11) is 1.47. The number of ether oxygens (including phenoxy) is 1. The van der Waals surface area contributed by atoms with Crippen LogP contribution in [-0.2, 0) is 76.1 Å². The number of carbonyl (C=O) groups is 11. The molecule has 1 aromatic heterocycles. The molecule has 1 aromatic carbocycles. The monoisotopic (exact) mass is 1280 g/mol. The number of likely N-dealkylation sites (tertiary alicyclic amines) is 1. The van der Waals surface area contributed by atoms with E-state index in [-0.39, 0.29) is 51.8 Å². The Hall–Kier alpha value is -6.87. The molecule has 11 amide bonds. The Bertz CT molecular complexity index is 2970. The minimum Gasteiger partial charge on any atom is -0.610 e. The highest BCUT2D eigenvalue weighted by Gasteiger charge is 2.46. The first-order valence-corrected chi connectivity index (χ1v) is 32.4. The van der Waals surface area contributed by atoms with Crippen LogP contribution in [0.2, 0.25) is 0 Å². The lowest BCUT2D eigenvalue weighted by Crippen LogP contribution is -2.61. The van der Waals surface area contributed by atoms with Crippen LogP contribution in [0.3, 0.4) is 0 Å². The van der Waals surface area contributed by atoms with Gasteiger partial charge in [-0.15, -0.1) is 0 Å². The fourth-order valence-corrected chi connectivity index (χ4v) is 14.7. The molecule has 29 nitrogen and oxygen atoms in total. The number of benzene rings is 1. The molecule has 490 valence electrons. The second-order valence-electron chi connectivity index (χ2n) is 23.6. The fraction of sp³-hybridized carbons (Fsp3) is 0.638. The number of piperidine rings is 1. The van der Waals surface area contributed by atoms with E-state index in [0.717, 1.165) is 4.90 Å². The summed E-state index contributed by atoms with van der Waals surface area (Å²) >= 11 is -0.794. The summed E-state index contributed by atoms with van der Waals surface area (Å²) in [6, 6.07) is -5.96. The van der Waals surface area contributed by atoms with E-state index in [9.17, 15) is 73.2 Å². The second kappa shape index (κ2) is 31.7. The maximum Gasteiger partial charge on any atom is 0.253 e. The van der Waals surface area contributed by atoms with Gasteiger partial charge in [-0.05, 0) is 62.5 Å². The van der Waals surface area contributed by atoms with Gasteiger partial charge in [0.1, 0.15) is 35.7 Å². The van der Waals surface area contributed by atoms with Crippen LogP contribution in [0.25, 0.3) is 10.9 Å². The van der Waals surface area contributed by atoms with Crippen molar-refractivity contribution in [1.82, 2.24) is 51.6 Å². The predicted molar refractivity (Wildman–Crippen MR) is 322 cm³/mol. The lowest BCUT2D eigenvalue weighted by atomic mass is 9.81. The lowest BCUT2D eigenvalue weighted by Gasteiger charge is -2.36. The van der Waals surface area contributed by atoms with Crippen LogP contribution in [0.5, 0.6) is 5.75 Å². The number of nitrogens with two attached hydrogens (primary N) is 2. The summed E-state index contributed by atoms with van der Waals surface area (Å²) in [5.74, 6) is -10.1. The maximum absolute atomic E-state index is 15.3. The molecule has 15 N–H and O–H groups in total. The number of fused-ring (bicyclic) bond motifs is 4. The van der Waals surface area contributed by atoms with Crippen LogP contribution < -0.4 is 48.1 Å². The summed E-state index contributed by atoms with van der Waals surface area (Å²) < 4.78 is 21.2. The van der Waals surface area contributed by atoms with E-state index in [0.29, 0.717) is 92.5 Å². The van der Waals surface area contributed by atoms with Gasteiger partial charge in [0.25, 0.3) is 11.8 Å². The molecule has 5 heterocycles. The first-order chi connectivity index (χ1) is 42.4. The molecule has 89 heavy (non-hydrogen) atoms. The highest BCUT2D eigenvalue weighted by Crippen LogP contribution is 2.39. The van der Waals surface area contributed by atoms with Gasteiger partial charge in [-0.3, -0.25) is 57.6 Å². The van der Waals surface area contributed by atoms with Gasteiger partial charge < -0.3 is 87.9 Å². The van der Waals surface area contributed by atoms with E-state index in [2.05, 4.69) is 36.9 Å². The molecule has 2 saturated heterocycles. The molecule has 0 spiro atoms. The Balaban J connectivity index is 1.20. The van der Waals surface area contributed by atoms with Crippen molar-refractivity contribution in [3.63, 3.8) is 0 Å². The number of aliphatic hydroxyl groups excluding tert-OH is 4. The molecular weight excluding hydrogens is 1200 g/mol. The number of nitrogens with zero attached hydrogens (tertiary/aromatic N) is 3. The Morgan fingerprint density at radius 2 is 1.61 bits per heavy atom. The van der Waals surface area contributed by atoms with Crippen LogP contribution in [0.1, 0.15) is 89.7 Å².